The lowest BCUT2D eigenvalue weighted by molar-refractivity contribution is -0.254. The highest BCUT2D eigenvalue weighted by Crippen LogP contribution is 2.31. The number of amides is 2. The van der Waals surface area contributed by atoms with Crippen LogP contribution in [0.1, 0.15) is 45.8 Å². The number of alkyl carbamates (subject to hydrolysis) is 1. The Kier molecular flexibility index (Phi) is 5.63. The standard InChI is InChI=1S/C24H23N3O6/c1-24(2,26-23(32)33-13-14-7-4-3-5-8-14)22(31)27-11-17-20(18(28)12-27)19-15(21(29)30)9-6-10-16(19)25-17/h3-10,25H,11-13H2,1-2H3,(H,26,32)(H,29,30)/p-1. The van der Waals surface area contributed by atoms with E-state index in [-0.39, 0.29) is 36.2 Å². The molecule has 9 nitrogen and oxygen atoms in total. The normalized spacial score (nSPS) is 13.5. The molecule has 1 aliphatic heterocycles. The van der Waals surface area contributed by atoms with E-state index in [0.717, 1.165) is 5.56 Å². The summed E-state index contributed by atoms with van der Waals surface area (Å²) in [5.74, 6) is -2.25. The van der Waals surface area contributed by atoms with Crippen LogP contribution < -0.4 is 10.4 Å². The molecule has 33 heavy (non-hydrogen) atoms. The highest BCUT2D eigenvalue weighted by Gasteiger charge is 2.38. The van der Waals surface area contributed by atoms with Crippen LogP contribution in [-0.4, -0.2) is 45.7 Å². The fourth-order valence-corrected chi connectivity index (χ4v) is 4.00. The molecule has 0 saturated heterocycles. The van der Waals surface area contributed by atoms with Gasteiger partial charge in [-0.3, -0.25) is 9.59 Å². The molecule has 0 saturated carbocycles. The van der Waals surface area contributed by atoms with E-state index < -0.39 is 29.3 Å². The first-order valence-electron chi connectivity index (χ1n) is 10.3. The van der Waals surface area contributed by atoms with Gasteiger partial charge in [0.2, 0.25) is 5.91 Å². The van der Waals surface area contributed by atoms with Crippen molar-refractivity contribution in [2.75, 3.05) is 6.54 Å². The Balaban J connectivity index is 1.50. The van der Waals surface area contributed by atoms with Gasteiger partial charge in [0, 0.05) is 22.2 Å². The van der Waals surface area contributed by atoms with Gasteiger partial charge in [0.15, 0.2) is 5.78 Å². The molecule has 2 heterocycles. The minimum atomic E-state index is -1.38. The molecule has 2 aromatic carbocycles. The maximum absolute atomic E-state index is 13.2. The van der Waals surface area contributed by atoms with Crippen molar-refractivity contribution in [3.8, 4) is 0 Å². The largest absolute Gasteiger partial charge is 0.545 e. The number of fused-ring (bicyclic) bond motifs is 3. The van der Waals surface area contributed by atoms with Crippen LogP contribution in [0.4, 0.5) is 4.79 Å². The van der Waals surface area contributed by atoms with Gasteiger partial charge in [-0.15, -0.1) is 0 Å². The number of aromatic carboxylic acids is 1. The summed E-state index contributed by atoms with van der Waals surface area (Å²) >= 11 is 0. The highest BCUT2D eigenvalue weighted by molar-refractivity contribution is 6.17. The second kappa shape index (κ2) is 8.42. The van der Waals surface area contributed by atoms with Crippen LogP contribution in [0.3, 0.4) is 0 Å². The number of H-pyrrole nitrogens is 1. The zero-order valence-electron chi connectivity index (χ0n) is 18.1. The van der Waals surface area contributed by atoms with Gasteiger partial charge in [0.1, 0.15) is 12.1 Å². The molecule has 0 bridgehead atoms. The zero-order valence-corrected chi connectivity index (χ0v) is 18.1. The number of carboxylic acids is 1. The fourth-order valence-electron chi connectivity index (χ4n) is 4.00. The zero-order chi connectivity index (χ0) is 23.8. The number of nitrogens with one attached hydrogen (secondary N) is 2. The summed E-state index contributed by atoms with van der Waals surface area (Å²) < 4.78 is 5.20. The van der Waals surface area contributed by atoms with Gasteiger partial charge < -0.3 is 29.8 Å². The molecular formula is C24H22N3O6-. The van der Waals surface area contributed by atoms with Gasteiger partial charge in [-0.1, -0.05) is 42.5 Å². The molecule has 0 atom stereocenters. The molecule has 0 unspecified atom stereocenters. The fraction of sp³-hybridized carbons (Fsp3) is 0.250. The van der Waals surface area contributed by atoms with Crippen molar-refractivity contribution >= 4 is 34.7 Å². The molecular weight excluding hydrogens is 426 g/mol. The topological polar surface area (TPSA) is 132 Å². The number of hydrogen-bond acceptors (Lipinski definition) is 6. The molecule has 9 heteroatoms. The predicted octanol–water partition coefficient (Wildman–Crippen LogP) is 1.76. The van der Waals surface area contributed by atoms with E-state index in [1.165, 1.54) is 24.8 Å². The van der Waals surface area contributed by atoms with Gasteiger partial charge in [-0.2, -0.15) is 0 Å². The van der Waals surface area contributed by atoms with E-state index in [0.29, 0.717) is 11.2 Å². The number of ether oxygens (including phenoxy) is 1. The number of benzene rings is 2. The lowest BCUT2D eigenvalue weighted by Gasteiger charge is -2.34. The molecule has 2 amide bonds. The van der Waals surface area contributed by atoms with Crippen molar-refractivity contribution in [1.82, 2.24) is 15.2 Å². The van der Waals surface area contributed by atoms with Crippen LogP contribution >= 0.6 is 0 Å². The first-order valence-corrected chi connectivity index (χ1v) is 10.3. The number of ketones is 1. The summed E-state index contributed by atoms with van der Waals surface area (Å²) in [6.45, 7) is 2.92. The number of nitrogens with zero attached hydrogens (tertiary/aromatic N) is 1. The van der Waals surface area contributed by atoms with Crippen molar-refractivity contribution in [2.24, 2.45) is 0 Å². The second-order valence-electron chi connectivity index (χ2n) is 8.39. The molecule has 1 aliphatic rings. The third-order valence-electron chi connectivity index (χ3n) is 5.53. The molecule has 1 aromatic heterocycles. The lowest BCUT2D eigenvalue weighted by atomic mass is 9.96. The van der Waals surface area contributed by atoms with Gasteiger partial charge in [-0.05, 0) is 25.5 Å². The van der Waals surface area contributed by atoms with Crippen LogP contribution in [0.25, 0.3) is 10.9 Å². The molecule has 0 radical (unpaired) electrons. The summed E-state index contributed by atoms with van der Waals surface area (Å²) in [4.78, 5) is 54.2. The van der Waals surface area contributed by atoms with Gasteiger partial charge in [-0.25, -0.2) is 4.79 Å². The Hall–Kier alpha value is -4.14. The van der Waals surface area contributed by atoms with Crippen LogP contribution in [0.15, 0.2) is 48.5 Å². The minimum Gasteiger partial charge on any atom is -0.545 e. The number of rotatable bonds is 5. The summed E-state index contributed by atoms with van der Waals surface area (Å²) in [6.07, 6.45) is -0.759. The van der Waals surface area contributed by atoms with E-state index in [4.69, 9.17) is 4.74 Å². The van der Waals surface area contributed by atoms with E-state index >= 15 is 0 Å². The number of aromatic amines is 1. The molecule has 4 rings (SSSR count). The van der Waals surface area contributed by atoms with Crippen LogP contribution in [0, 0.1) is 0 Å². The van der Waals surface area contributed by atoms with Crippen LogP contribution in [-0.2, 0) is 22.7 Å². The van der Waals surface area contributed by atoms with E-state index in [1.54, 1.807) is 12.1 Å². The monoisotopic (exact) mass is 448 g/mol. The summed E-state index contributed by atoms with van der Waals surface area (Å²) in [6, 6.07) is 13.7. The Morgan fingerprint density at radius 2 is 1.82 bits per heavy atom. The van der Waals surface area contributed by atoms with E-state index in [9.17, 15) is 24.3 Å². The average Bonchev–Trinajstić information content (AvgIpc) is 3.16. The Bertz CT molecular complexity index is 1260. The molecule has 0 aliphatic carbocycles. The molecule has 170 valence electrons. The molecule has 0 spiro atoms. The third kappa shape index (κ3) is 4.30. The van der Waals surface area contributed by atoms with Crippen molar-refractivity contribution in [2.45, 2.75) is 32.5 Å². The van der Waals surface area contributed by atoms with Gasteiger partial charge in [0.05, 0.1) is 24.6 Å². The van der Waals surface area contributed by atoms with Crippen LogP contribution in [0.5, 0.6) is 0 Å². The quantitative estimate of drug-likeness (QED) is 0.611. The molecule has 2 N–H and O–H groups in total. The number of aromatic nitrogens is 1. The van der Waals surface area contributed by atoms with E-state index in [1.807, 2.05) is 30.3 Å². The maximum atomic E-state index is 13.2. The van der Waals surface area contributed by atoms with Gasteiger partial charge >= 0.3 is 6.09 Å². The van der Waals surface area contributed by atoms with E-state index in [2.05, 4.69) is 10.3 Å². The van der Waals surface area contributed by atoms with Crippen molar-refractivity contribution in [3.05, 3.63) is 70.9 Å². The van der Waals surface area contributed by atoms with Crippen molar-refractivity contribution in [3.63, 3.8) is 0 Å². The average molecular weight is 448 g/mol. The minimum absolute atomic E-state index is 0.0539. The maximum Gasteiger partial charge on any atom is 0.408 e. The predicted molar refractivity (Wildman–Crippen MR) is 116 cm³/mol. The third-order valence-corrected chi connectivity index (χ3v) is 5.53. The Labute approximate surface area is 189 Å². The summed E-state index contributed by atoms with van der Waals surface area (Å²) in [5.41, 5.74) is 0.550. The Morgan fingerprint density at radius 3 is 2.52 bits per heavy atom. The lowest BCUT2D eigenvalue weighted by Crippen LogP contribution is -2.57. The SMILES string of the molecule is CC(C)(NC(=O)OCc1ccccc1)C(=O)N1CC(=O)c2c([nH]c3cccc(C(=O)[O-])c23)C1. The summed E-state index contributed by atoms with van der Waals surface area (Å²) in [7, 11) is 0. The highest BCUT2D eigenvalue weighted by atomic mass is 16.5. The first-order chi connectivity index (χ1) is 15.7. The van der Waals surface area contributed by atoms with Gasteiger partial charge in [0.25, 0.3) is 0 Å². The van der Waals surface area contributed by atoms with Crippen molar-refractivity contribution < 1.29 is 29.0 Å². The van der Waals surface area contributed by atoms with Crippen molar-refractivity contribution in [1.29, 1.82) is 0 Å². The number of carbonyl (C=O) groups is 4. The number of carbonyl (C=O) groups excluding carboxylic acids is 4. The molecule has 3 aromatic rings. The number of carboxylic acid groups (broad SMARTS) is 1. The van der Waals surface area contributed by atoms with Crippen LogP contribution in [0.2, 0.25) is 0 Å². The number of hydrogen-bond donors (Lipinski definition) is 2. The Morgan fingerprint density at radius 1 is 1.09 bits per heavy atom. The second-order valence-corrected chi connectivity index (χ2v) is 8.39. The number of Topliss-reactive ketones (excluding diaryl/α,β-unsaturated/α-hetero) is 1. The summed E-state index contributed by atoms with van der Waals surface area (Å²) in [5, 5.41) is 14.3. The first kappa shape index (κ1) is 22.1. The smallest absolute Gasteiger partial charge is 0.408 e. The molecule has 0 fully saturated rings.